The molecule has 0 spiro atoms. The SMILES string of the molecule is Nc1ccc(CN(C(=O)c2ccsc2)C2CC2)cc1. The summed E-state index contributed by atoms with van der Waals surface area (Å²) in [6, 6.07) is 10.1. The molecule has 1 fully saturated rings. The van der Waals surface area contributed by atoms with Crippen LogP contribution < -0.4 is 5.73 Å². The van der Waals surface area contributed by atoms with Crippen molar-refractivity contribution in [3.63, 3.8) is 0 Å². The lowest BCUT2D eigenvalue weighted by Gasteiger charge is -2.22. The predicted octanol–water partition coefficient (Wildman–Crippen LogP) is 3.14. The summed E-state index contributed by atoms with van der Waals surface area (Å²) in [5.41, 5.74) is 8.37. The molecule has 2 aromatic rings. The lowest BCUT2D eigenvalue weighted by molar-refractivity contribution is 0.0730. The highest BCUT2D eigenvalue weighted by atomic mass is 32.1. The number of hydrogen-bond acceptors (Lipinski definition) is 3. The largest absolute Gasteiger partial charge is 0.399 e. The molecule has 1 aromatic carbocycles. The minimum Gasteiger partial charge on any atom is -0.399 e. The molecule has 1 heterocycles. The Balaban J connectivity index is 1.78. The number of nitrogen functional groups attached to an aromatic ring is 1. The predicted molar refractivity (Wildman–Crippen MR) is 78.1 cm³/mol. The minimum absolute atomic E-state index is 0.139. The number of carbonyl (C=O) groups is 1. The quantitative estimate of drug-likeness (QED) is 0.869. The van der Waals surface area contributed by atoms with Crippen molar-refractivity contribution in [3.05, 3.63) is 52.2 Å². The number of rotatable bonds is 4. The van der Waals surface area contributed by atoms with Crippen LogP contribution in [-0.2, 0) is 6.54 Å². The van der Waals surface area contributed by atoms with E-state index < -0.39 is 0 Å². The Labute approximate surface area is 116 Å². The zero-order valence-electron chi connectivity index (χ0n) is 10.6. The molecular weight excluding hydrogens is 256 g/mol. The summed E-state index contributed by atoms with van der Waals surface area (Å²) in [6.45, 7) is 0.666. The second-order valence-electron chi connectivity index (χ2n) is 4.92. The van der Waals surface area contributed by atoms with Gasteiger partial charge in [0.05, 0.1) is 5.56 Å². The van der Waals surface area contributed by atoms with E-state index in [0.717, 1.165) is 29.7 Å². The Morgan fingerprint density at radius 2 is 2.00 bits per heavy atom. The van der Waals surface area contributed by atoms with Gasteiger partial charge in [0, 0.05) is 23.7 Å². The molecule has 0 unspecified atom stereocenters. The third kappa shape index (κ3) is 2.79. The van der Waals surface area contributed by atoms with Gasteiger partial charge in [0.1, 0.15) is 0 Å². The standard InChI is InChI=1S/C15H16N2OS/c16-13-3-1-11(2-4-13)9-17(14-5-6-14)15(18)12-7-8-19-10-12/h1-4,7-8,10,14H,5-6,9,16H2. The number of carbonyl (C=O) groups excluding carboxylic acids is 1. The van der Waals surface area contributed by atoms with Crippen molar-refractivity contribution in [2.45, 2.75) is 25.4 Å². The molecule has 3 nitrogen and oxygen atoms in total. The molecule has 0 saturated heterocycles. The molecule has 3 rings (SSSR count). The Bertz CT molecular complexity index is 558. The summed E-state index contributed by atoms with van der Waals surface area (Å²) in [5, 5.41) is 3.86. The topological polar surface area (TPSA) is 46.3 Å². The molecule has 0 bridgehead atoms. The number of anilines is 1. The van der Waals surface area contributed by atoms with Crippen LogP contribution >= 0.6 is 11.3 Å². The minimum atomic E-state index is 0.139. The fraction of sp³-hybridized carbons (Fsp3) is 0.267. The van der Waals surface area contributed by atoms with Gasteiger partial charge in [-0.25, -0.2) is 0 Å². The van der Waals surface area contributed by atoms with E-state index in [4.69, 9.17) is 5.73 Å². The number of hydrogen-bond donors (Lipinski definition) is 1. The third-order valence-corrected chi connectivity index (χ3v) is 4.03. The highest BCUT2D eigenvalue weighted by Gasteiger charge is 2.33. The van der Waals surface area contributed by atoms with Crippen LogP contribution in [0.1, 0.15) is 28.8 Å². The fourth-order valence-corrected chi connectivity index (χ4v) is 2.75. The van der Waals surface area contributed by atoms with Crippen molar-refractivity contribution >= 4 is 22.9 Å². The van der Waals surface area contributed by atoms with Crippen LogP contribution in [0.3, 0.4) is 0 Å². The highest BCUT2D eigenvalue weighted by molar-refractivity contribution is 7.08. The molecule has 98 valence electrons. The lowest BCUT2D eigenvalue weighted by Crippen LogP contribution is -2.32. The third-order valence-electron chi connectivity index (χ3n) is 3.35. The van der Waals surface area contributed by atoms with E-state index >= 15 is 0 Å². The molecule has 0 aliphatic heterocycles. The van der Waals surface area contributed by atoms with E-state index in [9.17, 15) is 4.79 Å². The Kier molecular flexibility index (Phi) is 3.25. The summed E-state index contributed by atoms with van der Waals surface area (Å²) >= 11 is 1.56. The number of nitrogens with two attached hydrogens (primary N) is 1. The van der Waals surface area contributed by atoms with Crippen LogP contribution in [0, 0.1) is 0 Å². The van der Waals surface area contributed by atoms with Crippen molar-refractivity contribution in [2.75, 3.05) is 5.73 Å². The zero-order chi connectivity index (χ0) is 13.2. The van der Waals surface area contributed by atoms with Gasteiger partial charge in [-0.05, 0) is 42.0 Å². The van der Waals surface area contributed by atoms with Gasteiger partial charge in [0.15, 0.2) is 0 Å². The van der Waals surface area contributed by atoms with E-state index in [1.54, 1.807) is 11.3 Å². The van der Waals surface area contributed by atoms with Crippen LogP contribution in [0.5, 0.6) is 0 Å². The molecule has 1 aliphatic rings. The first kappa shape index (κ1) is 12.2. The highest BCUT2D eigenvalue weighted by Crippen LogP contribution is 2.30. The van der Waals surface area contributed by atoms with Crippen molar-refractivity contribution < 1.29 is 4.79 Å². The summed E-state index contributed by atoms with van der Waals surface area (Å²) < 4.78 is 0. The second-order valence-corrected chi connectivity index (χ2v) is 5.70. The lowest BCUT2D eigenvalue weighted by atomic mass is 10.1. The molecule has 2 N–H and O–H groups in total. The molecule has 0 radical (unpaired) electrons. The van der Waals surface area contributed by atoms with Crippen LogP contribution in [-0.4, -0.2) is 16.8 Å². The Morgan fingerprint density at radius 1 is 1.26 bits per heavy atom. The van der Waals surface area contributed by atoms with Crippen molar-refractivity contribution in [1.82, 2.24) is 4.90 Å². The normalized spacial score (nSPS) is 14.3. The maximum atomic E-state index is 12.5. The summed E-state index contributed by atoms with van der Waals surface area (Å²) in [7, 11) is 0. The van der Waals surface area contributed by atoms with E-state index in [1.165, 1.54) is 0 Å². The molecule has 1 amide bonds. The van der Waals surface area contributed by atoms with Gasteiger partial charge in [0.25, 0.3) is 5.91 Å². The first-order chi connectivity index (χ1) is 9.24. The molecule has 1 aromatic heterocycles. The van der Waals surface area contributed by atoms with Crippen LogP contribution in [0.2, 0.25) is 0 Å². The van der Waals surface area contributed by atoms with Gasteiger partial charge in [-0.3, -0.25) is 4.79 Å². The second kappa shape index (κ2) is 5.05. The number of nitrogens with zero attached hydrogens (tertiary/aromatic N) is 1. The van der Waals surface area contributed by atoms with E-state index in [2.05, 4.69) is 0 Å². The van der Waals surface area contributed by atoms with Gasteiger partial charge < -0.3 is 10.6 Å². The van der Waals surface area contributed by atoms with E-state index in [1.807, 2.05) is 46.0 Å². The van der Waals surface area contributed by atoms with Gasteiger partial charge in [-0.2, -0.15) is 11.3 Å². The average Bonchev–Trinajstić information content (AvgIpc) is 3.11. The summed E-state index contributed by atoms with van der Waals surface area (Å²) in [4.78, 5) is 14.4. The maximum Gasteiger partial charge on any atom is 0.255 e. The molecule has 1 saturated carbocycles. The van der Waals surface area contributed by atoms with Gasteiger partial charge in [-0.15, -0.1) is 0 Å². The monoisotopic (exact) mass is 272 g/mol. The van der Waals surface area contributed by atoms with Crippen molar-refractivity contribution in [1.29, 1.82) is 0 Å². The van der Waals surface area contributed by atoms with Gasteiger partial charge in [-0.1, -0.05) is 12.1 Å². The van der Waals surface area contributed by atoms with Gasteiger partial charge in [0.2, 0.25) is 0 Å². The number of thiophene rings is 1. The zero-order valence-corrected chi connectivity index (χ0v) is 11.4. The molecule has 4 heteroatoms. The average molecular weight is 272 g/mol. The summed E-state index contributed by atoms with van der Waals surface area (Å²) in [5.74, 6) is 0.139. The molecule has 19 heavy (non-hydrogen) atoms. The number of amides is 1. The molecule has 0 atom stereocenters. The smallest absolute Gasteiger partial charge is 0.255 e. The fourth-order valence-electron chi connectivity index (χ4n) is 2.12. The Hall–Kier alpha value is -1.81. The number of benzene rings is 1. The van der Waals surface area contributed by atoms with Gasteiger partial charge >= 0.3 is 0 Å². The molecule has 1 aliphatic carbocycles. The van der Waals surface area contributed by atoms with Crippen LogP contribution in [0.25, 0.3) is 0 Å². The first-order valence-corrected chi connectivity index (χ1v) is 7.36. The van der Waals surface area contributed by atoms with E-state index in [0.29, 0.717) is 12.6 Å². The Morgan fingerprint density at radius 3 is 2.58 bits per heavy atom. The van der Waals surface area contributed by atoms with E-state index in [-0.39, 0.29) is 5.91 Å². The molecular formula is C15H16N2OS. The first-order valence-electron chi connectivity index (χ1n) is 6.41. The van der Waals surface area contributed by atoms with Crippen LogP contribution in [0.15, 0.2) is 41.1 Å². The van der Waals surface area contributed by atoms with Crippen LogP contribution in [0.4, 0.5) is 5.69 Å². The maximum absolute atomic E-state index is 12.5. The summed E-state index contributed by atoms with van der Waals surface area (Å²) in [6.07, 6.45) is 2.23. The van der Waals surface area contributed by atoms with Crippen molar-refractivity contribution in [3.8, 4) is 0 Å². The van der Waals surface area contributed by atoms with Crippen molar-refractivity contribution in [2.24, 2.45) is 0 Å².